The molecule has 0 fully saturated rings. The van der Waals surface area contributed by atoms with Crippen LogP contribution in [0.2, 0.25) is 0 Å². The molecule has 0 saturated carbocycles. The number of hydrogen-bond acceptors (Lipinski definition) is 2. The topological polar surface area (TPSA) is 29.3 Å². The third kappa shape index (κ3) is 2.65. The molecular formula is C14H13F3N2. The van der Waals surface area contributed by atoms with Crippen molar-refractivity contribution in [2.45, 2.75) is 6.92 Å². The van der Waals surface area contributed by atoms with Gasteiger partial charge in [0, 0.05) is 18.3 Å². The van der Waals surface area contributed by atoms with E-state index in [-0.39, 0.29) is 17.2 Å². The second-order valence-corrected chi connectivity index (χ2v) is 4.04. The SMILES string of the molecule is CCN(c1ccc(F)cc1)c1cc(F)cc(F)c1N. The number of halogens is 3. The molecule has 2 nitrogen and oxygen atoms in total. The molecule has 0 spiro atoms. The van der Waals surface area contributed by atoms with Crippen LogP contribution >= 0.6 is 0 Å². The monoisotopic (exact) mass is 266 g/mol. The highest BCUT2D eigenvalue weighted by Crippen LogP contribution is 2.32. The highest BCUT2D eigenvalue weighted by Gasteiger charge is 2.15. The van der Waals surface area contributed by atoms with Crippen molar-refractivity contribution in [2.24, 2.45) is 0 Å². The molecule has 0 saturated heterocycles. The van der Waals surface area contributed by atoms with Crippen LogP contribution in [0.25, 0.3) is 0 Å². The zero-order chi connectivity index (χ0) is 14.0. The smallest absolute Gasteiger partial charge is 0.151 e. The maximum absolute atomic E-state index is 13.5. The molecule has 2 N–H and O–H groups in total. The van der Waals surface area contributed by atoms with Gasteiger partial charge in [-0.3, -0.25) is 0 Å². The van der Waals surface area contributed by atoms with Gasteiger partial charge < -0.3 is 10.6 Å². The maximum Gasteiger partial charge on any atom is 0.151 e. The van der Waals surface area contributed by atoms with Crippen LogP contribution in [-0.4, -0.2) is 6.54 Å². The molecule has 0 amide bonds. The van der Waals surface area contributed by atoms with E-state index < -0.39 is 11.6 Å². The fraction of sp³-hybridized carbons (Fsp3) is 0.143. The van der Waals surface area contributed by atoms with Crippen molar-refractivity contribution in [3.8, 4) is 0 Å². The lowest BCUT2D eigenvalue weighted by atomic mass is 10.2. The van der Waals surface area contributed by atoms with E-state index in [2.05, 4.69) is 0 Å². The van der Waals surface area contributed by atoms with E-state index in [0.29, 0.717) is 12.2 Å². The third-order valence-electron chi connectivity index (χ3n) is 2.82. The zero-order valence-corrected chi connectivity index (χ0v) is 10.3. The Balaban J connectivity index is 2.50. The van der Waals surface area contributed by atoms with Crippen LogP contribution < -0.4 is 10.6 Å². The normalized spacial score (nSPS) is 10.5. The first kappa shape index (κ1) is 13.3. The summed E-state index contributed by atoms with van der Waals surface area (Å²) in [4.78, 5) is 1.61. The van der Waals surface area contributed by atoms with Gasteiger partial charge in [-0.15, -0.1) is 0 Å². The summed E-state index contributed by atoms with van der Waals surface area (Å²) in [5.74, 6) is -1.89. The minimum Gasteiger partial charge on any atom is -0.395 e. The largest absolute Gasteiger partial charge is 0.395 e. The predicted octanol–water partition coefficient (Wildman–Crippen LogP) is 3.84. The molecule has 0 atom stereocenters. The number of nitrogens with two attached hydrogens (primary N) is 1. The first-order valence-electron chi connectivity index (χ1n) is 5.80. The quantitative estimate of drug-likeness (QED) is 0.855. The molecule has 0 radical (unpaired) electrons. The number of benzene rings is 2. The number of nitrogen functional groups attached to an aromatic ring is 1. The summed E-state index contributed by atoms with van der Waals surface area (Å²) < 4.78 is 39.7. The Kier molecular flexibility index (Phi) is 3.64. The van der Waals surface area contributed by atoms with Crippen molar-refractivity contribution in [1.29, 1.82) is 0 Å². The Morgan fingerprint density at radius 3 is 2.21 bits per heavy atom. The summed E-state index contributed by atoms with van der Waals surface area (Å²) in [5, 5.41) is 0. The van der Waals surface area contributed by atoms with Crippen molar-refractivity contribution in [3.63, 3.8) is 0 Å². The van der Waals surface area contributed by atoms with Gasteiger partial charge in [-0.2, -0.15) is 0 Å². The van der Waals surface area contributed by atoms with Crippen molar-refractivity contribution in [1.82, 2.24) is 0 Å². The van der Waals surface area contributed by atoms with Crippen LogP contribution in [0.3, 0.4) is 0 Å². The Bertz CT molecular complexity index is 582. The number of anilines is 3. The molecule has 2 rings (SSSR count). The lowest BCUT2D eigenvalue weighted by Gasteiger charge is -2.25. The third-order valence-corrected chi connectivity index (χ3v) is 2.82. The fourth-order valence-electron chi connectivity index (χ4n) is 1.91. The average Bonchev–Trinajstić information content (AvgIpc) is 2.38. The van der Waals surface area contributed by atoms with E-state index in [1.165, 1.54) is 24.3 Å². The molecule has 0 bridgehead atoms. The van der Waals surface area contributed by atoms with Crippen LogP contribution in [0.4, 0.5) is 30.2 Å². The lowest BCUT2D eigenvalue weighted by Crippen LogP contribution is -2.18. The molecule has 0 heterocycles. The summed E-state index contributed by atoms with van der Waals surface area (Å²) >= 11 is 0. The van der Waals surface area contributed by atoms with Gasteiger partial charge in [0.1, 0.15) is 11.6 Å². The molecule has 0 aliphatic rings. The van der Waals surface area contributed by atoms with Gasteiger partial charge in [-0.25, -0.2) is 13.2 Å². The van der Waals surface area contributed by atoms with Gasteiger partial charge in [0.2, 0.25) is 0 Å². The highest BCUT2D eigenvalue weighted by molar-refractivity contribution is 5.75. The van der Waals surface area contributed by atoms with Crippen LogP contribution in [0.1, 0.15) is 6.92 Å². The van der Waals surface area contributed by atoms with Crippen LogP contribution in [0.5, 0.6) is 0 Å². The zero-order valence-electron chi connectivity index (χ0n) is 10.3. The van der Waals surface area contributed by atoms with E-state index >= 15 is 0 Å². The van der Waals surface area contributed by atoms with Gasteiger partial charge in [-0.1, -0.05) is 0 Å². The molecule has 5 heteroatoms. The van der Waals surface area contributed by atoms with Crippen molar-refractivity contribution >= 4 is 17.1 Å². The van der Waals surface area contributed by atoms with Gasteiger partial charge in [0.25, 0.3) is 0 Å². The number of hydrogen-bond donors (Lipinski definition) is 1. The molecule has 100 valence electrons. The Labute approximate surface area is 109 Å². The minimum atomic E-state index is -0.810. The van der Waals surface area contributed by atoms with E-state index in [1.54, 1.807) is 4.90 Å². The lowest BCUT2D eigenvalue weighted by molar-refractivity contribution is 0.586. The van der Waals surface area contributed by atoms with E-state index in [1.807, 2.05) is 6.92 Å². The van der Waals surface area contributed by atoms with E-state index in [4.69, 9.17) is 5.73 Å². The van der Waals surface area contributed by atoms with Crippen molar-refractivity contribution in [3.05, 3.63) is 53.8 Å². The number of rotatable bonds is 3. The summed E-state index contributed by atoms with van der Waals surface area (Å²) in [7, 11) is 0. The Morgan fingerprint density at radius 1 is 1.00 bits per heavy atom. The first-order chi connectivity index (χ1) is 9.02. The molecule has 2 aromatic carbocycles. The standard InChI is InChI=1S/C14H13F3N2/c1-2-19(11-5-3-9(15)4-6-11)13-8-10(16)7-12(17)14(13)18/h3-8H,2,18H2,1H3. The molecule has 19 heavy (non-hydrogen) atoms. The molecule has 0 unspecified atom stereocenters. The van der Waals surface area contributed by atoms with Gasteiger partial charge in [-0.05, 0) is 37.3 Å². The molecule has 0 aliphatic carbocycles. The molecular weight excluding hydrogens is 253 g/mol. The highest BCUT2D eigenvalue weighted by atomic mass is 19.1. The van der Waals surface area contributed by atoms with Crippen molar-refractivity contribution < 1.29 is 13.2 Å². The Hall–Kier alpha value is -2.17. The average molecular weight is 266 g/mol. The van der Waals surface area contributed by atoms with Crippen molar-refractivity contribution in [2.75, 3.05) is 17.2 Å². The summed E-state index contributed by atoms with van der Waals surface area (Å²) in [6, 6.07) is 7.51. The number of nitrogens with zero attached hydrogens (tertiary/aromatic N) is 1. The maximum atomic E-state index is 13.5. The predicted molar refractivity (Wildman–Crippen MR) is 69.9 cm³/mol. The first-order valence-corrected chi connectivity index (χ1v) is 5.80. The summed E-state index contributed by atoms with van der Waals surface area (Å²) in [6.07, 6.45) is 0. The van der Waals surface area contributed by atoms with E-state index in [0.717, 1.165) is 12.1 Å². The molecule has 0 aliphatic heterocycles. The van der Waals surface area contributed by atoms with Gasteiger partial charge >= 0.3 is 0 Å². The van der Waals surface area contributed by atoms with E-state index in [9.17, 15) is 13.2 Å². The minimum absolute atomic E-state index is 0.132. The van der Waals surface area contributed by atoms with Gasteiger partial charge in [0.15, 0.2) is 5.82 Å². The molecule has 2 aromatic rings. The second kappa shape index (κ2) is 5.22. The fourth-order valence-corrected chi connectivity index (χ4v) is 1.91. The van der Waals surface area contributed by atoms with Crippen LogP contribution in [-0.2, 0) is 0 Å². The summed E-state index contributed by atoms with van der Waals surface area (Å²) in [6.45, 7) is 2.25. The van der Waals surface area contributed by atoms with Crippen LogP contribution in [0.15, 0.2) is 36.4 Å². The second-order valence-electron chi connectivity index (χ2n) is 4.04. The summed E-state index contributed by atoms with van der Waals surface area (Å²) in [5.41, 5.74) is 6.35. The van der Waals surface area contributed by atoms with Gasteiger partial charge in [0.05, 0.1) is 11.4 Å². The van der Waals surface area contributed by atoms with Crippen LogP contribution in [0, 0.1) is 17.5 Å². The molecule has 0 aromatic heterocycles. The Morgan fingerprint density at radius 2 is 1.63 bits per heavy atom.